The smallest absolute Gasteiger partial charge is 0.289 e. The zero-order valence-corrected chi connectivity index (χ0v) is 18.7. The maximum absolute atomic E-state index is 14.0. The minimum Gasteiger partial charge on any atom is -0.302 e. The van der Waals surface area contributed by atoms with Crippen molar-refractivity contribution in [3.63, 3.8) is 0 Å². The average Bonchev–Trinajstić information content (AvgIpc) is 3.11. The first-order chi connectivity index (χ1) is 14.3. The van der Waals surface area contributed by atoms with Gasteiger partial charge in [-0.25, -0.2) is 4.98 Å². The first kappa shape index (κ1) is 20.7. The predicted molar refractivity (Wildman–Crippen MR) is 121 cm³/mol. The number of thiazole rings is 1. The summed E-state index contributed by atoms with van der Waals surface area (Å²) in [5, 5.41) is 0. The Hall–Kier alpha value is -2.59. The van der Waals surface area contributed by atoms with Crippen LogP contribution in [0, 0.1) is 13.8 Å². The molecular formula is C21H19N3O3S3. The van der Waals surface area contributed by atoms with Crippen molar-refractivity contribution in [2.45, 2.75) is 23.6 Å². The fraction of sp³-hybridized carbons (Fsp3) is 0.0952. The Morgan fingerprint density at radius 2 is 1.37 bits per heavy atom. The summed E-state index contributed by atoms with van der Waals surface area (Å²) in [6, 6.07) is 20.4. The maximum Gasteiger partial charge on any atom is 0.289 e. The van der Waals surface area contributed by atoms with Crippen LogP contribution in [0.5, 0.6) is 0 Å². The fourth-order valence-corrected chi connectivity index (χ4v) is 8.42. The van der Waals surface area contributed by atoms with Gasteiger partial charge in [-0.15, -0.1) is 3.77 Å². The molecule has 4 rings (SSSR count). The zero-order valence-electron chi connectivity index (χ0n) is 16.3. The third-order valence-corrected chi connectivity index (χ3v) is 10.3. The normalized spacial score (nSPS) is 14.4. The summed E-state index contributed by atoms with van der Waals surface area (Å²) in [7, 11) is -8.81. The van der Waals surface area contributed by atoms with E-state index in [9.17, 15) is 12.6 Å². The summed E-state index contributed by atoms with van der Waals surface area (Å²) in [5.74, 6) is 0. The van der Waals surface area contributed by atoms with E-state index in [1.54, 1.807) is 41.9 Å². The van der Waals surface area contributed by atoms with E-state index in [4.69, 9.17) is 0 Å². The summed E-state index contributed by atoms with van der Waals surface area (Å²) < 4.78 is 49.0. The molecule has 1 heterocycles. The average molecular weight is 458 g/mol. The van der Waals surface area contributed by atoms with Gasteiger partial charge in [0.05, 0.1) is 14.8 Å². The lowest BCUT2D eigenvalue weighted by atomic mass is 10.2. The highest BCUT2D eigenvalue weighted by Gasteiger charge is 2.19. The third kappa shape index (κ3) is 4.15. The van der Waals surface area contributed by atoms with Crippen LogP contribution in [0.2, 0.25) is 0 Å². The quantitative estimate of drug-likeness (QED) is 0.366. The molecule has 0 spiro atoms. The number of hydrogen-bond acceptors (Lipinski definition) is 4. The van der Waals surface area contributed by atoms with Crippen LogP contribution in [-0.2, 0) is 19.9 Å². The van der Waals surface area contributed by atoms with E-state index in [1.807, 2.05) is 38.1 Å². The number of rotatable bonds is 5. The molecule has 0 radical (unpaired) electrons. The van der Waals surface area contributed by atoms with Crippen molar-refractivity contribution in [3.8, 4) is 0 Å². The second-order valence-corrected chi connectivity index (χ2v) is 12.1. The lowest BCUT2D eigenvalue weighted by Gasteiger charge is -2.18. The van der Waals surface area contributed by atoms with Crippen molar-refractivity contribution in [3.05, 3.63) is 93.6 Å². The van der Waals surface area contributed by atoms with Gasteiger partial charge in [-0.05, 0) is 50.2 Å². The van der Waals surface area contributed by atoms with E-state index in [0.717, 1.165) is 21.3 Å². The van der Waals surface area contributed by atoms with Gasteiger partial charge in [0.2, 0.25) is 5.51 Å². The van der Waals surface area contributed by atoms with E-state index < -0.39 is 30.6 Å². The fourth-order valence-electron chi connectivity index (χ4n) is 2.77. The molecule has 2 unspecified atom stereocenters. The van der Waals surface area contributed by atoms with Gasteiger partial charge in [0.25, 0.3) is 10.0 Å². The van der Waals surface area contributed by atoms with Crippen molar-refractivity contribution < 1.29 is 12.6 Å². The Kier molecular flexibility index (Phi) is 5.46. The van der Waals surface area contributed by atoms with E-state index in [0.29, 0.717) is 0 Å². The Morgan fingerprint density at radius 3 is 2.00 bits per heavy atom. The number of benzene rings is 3. The van der Waals surface area contributed by atoms with Gasteiger partial charge >= 0.3 is 0 Å². The van der Waals surface area contributed by atoms with E-state index in [2.05, 4.69) is 12.9 Å². The van der Waals surface area contributed by atoms with E-state index >= 15 is 0 Å². The number of aryl methyl sites for hydroxylation is 2. The molecular weight excluding hydrogens is 438 g/mol. The Labute approximate surface area is 179 Å². The lowest BCUT2D eigenvalue weighted by molar-refractivity contribution is 0.598. The van der Waals surface area contributed by atoms with Crippen LogP contribution in [0.15, 0.2) is 91.9 Å². The van der Waals surface area contributed by atoms with Crippen LogP contribution in [0.25, 0.3) is 14.3 Å². The molecule has 0 bridgehead atoms. The van der Waals surface area contributed by atoms with Crippen molar-refractivity contribution in [1.82, 2.24) is 4.98 Å². The molecule has 154 valence electrons. The molecule has 0 fully saturated rings. The van der Waals surface area contributed by atoms with Crippen LogP contribution in [0.1, 0.15) is 11.1 Å². The molecule has 1 aromatic heterocycles. The first-order valence-electron chi connectivity index (χ1n) is 9.03. The largest absolute Gasteiger partial charge is 0.302 e. The monoisotopic (exact) mass is 457 g/mol. The zero-order chi connectivity index (χ0) is 21.4. The van der Waals surface area contributed by atoms with Crippen LogP contribution in [0.3, 0.4) is 0 Å². The Morgan fingerprint density at radius 1 is 0.800 bits per heavy atom. The Bertz CT molecular complexity index is 1430. The summed E-state index contributed by atoms with van der Waals surface area (Å²) >= 11 is 0. The summed E-state index contributed by atoms with van der Waals surface area (Å²) in [6.07, 6.45) is 0. The highest BCUT2D eigenvalue weighted by Crippen LogP contribution is 2.40. The second-order valence-electron chi connectivity index (χ2n) is 6.76. The number of para-hydroxylation sites is 1. The number of hydrogen-bond donors (Lipinski definition) is 0. The van der Waals surface area contributed by atoms with Crippen LogP contribution >= 0.6 is 10.7 Å². The van der Waals surface area contributed by atoms with Crippen LogP contribution in [-0.4, -0.2) is 17.6 Å². The van der Waals surface area contributed by atoms with Crippen LogP contribution < -0.4 is 0 Å². The molecule has 2 atom stereocenters. The summed E-state index contributed by atoms with van der Waals surface area (Å²) in [6.45, 7) is 3.75. The molecule has 0 saturated carbocycles. The van der Waals surface area contributed by atoms with Gasteiger partial charge in [0, 0.05) is 4.90 Å². The molecule has 0 N–H and O–H groups in total. The van der Waals surface area contributed by atoms with Crippen molar-refractivity contribution in [2.24, 2.45) is 3.77 Å². The maximum atomic E-state index is 14.0. The van der Waals surface area contributed by atoms with Gasteiger partial charge in [-0.3, -0.25) is 4.21 Å². The minimum atomic E-state index is -4.20. The number of fused-ring (bicyclic) bond motifs is 1. The van der Waals surface area contributed by atoms with Gasteiger partial charge in [0.1, 0.15) is 5.52 Å². The van der Waals surface area contributed by atoms with Crippen molar-refractivity contribution in [2.75, 3.05) is 0 Å². The lowest BCUT2D eigenvalue weighted by Crippen LogP contribution is -2.05. The van der Waals surface area contributed by atoms with Gasteiger partial charge in [-0.2, -0.15) is 8.42 Å². The van der Waals surface area contributed by atoms with E-state index in [-0.39, 0.29) is 9.79 Å². The number of aromatic nitrogens is 1. The first-order valence-corrected chi connectivity index (χ1v) is 13.2. The summed E-state index contributed by atoms with van der Waals surface area (Å²) in [5.41, 5.74) is 4.19. The number of sulfonamides is 1. The van der Waals surface area contributed by atoms with Crippen molar-refractivity contribution in [1.29, 1.82) is 0 Å². The topological polar surface area (TPSA) is 90.6 Å². The van der Waals surface area contributed by atoms with Crippen molar-refractivity contribution >= 4 is 40.8 Å². The van der Waals surface area contributed by atoms with E-state index in [1.165, 1.54) is 12.1 Å². The molecule has 0 aliphatic heterocycles. The molecule has 6 nitrogen and oxygen atoms in total. The van der Waals surface area contributed by atoms with Crippen LogP contribution in [0.4, 0.5) is 0 Å². The molecule has 4 aromatic rings. The number of nitrogens with zero attached hydrogens (tertiary/aromatic N) is 3. The highest BCUT2D eigenvalue weighted by atomic mass is 32.3. The molecule has 30 heavy (non-hydrogen) atoms. The minimum absolute atomic E-state index is 0.0213. The molecule has 3 aromatic carbocycles. The predicted octanol–water partition coefficient (Wildman–Crippen LogP) is 5.57. The molecule has 0 aliphatic rings. The SMILES string of the molecule is Cc1ccc(S(=O)(=O)N=S(=O)([N-][s+]2cnc3ccccc32)c2ccc(C)cc2)cc1. The molecule has 0 amide bonds. The standard InChI is InChI=1S/C21H19N3O3S3/c1-16-7-11-18(12-8-16)29(25,23-28-15-22-20-5-3-4-6-21(20)28)24-30(26,27)19-13-9-17(2)10-14-19/h3-15H,1-2H3. The summed E-state index contributed by atoms with van der Waals surface area (Å²) in [4.78, 5) is 4.54. The molecule has 9 heteroatoms. The molecule has 0 saturated heterocycles. The van der Waals surface area contributed by atoms with Gasteiger partial charge in [0.15, 0.2) is 4.70 Å². The second kappa shape index (κ2) is 7.92. The van der Waals surface area contributed by atoms with Gasteiger partial charge in [-0.1, -0.05) is 58.2 Å². The highest BCUT2D eigenvalue weighted by molar-refractivity contribution is 8.07. The third-order valence-electron chi connectivity index (χ3n) is 4.41. The van der Waals surface area contributed by atoms with Gasteiger partial charge < -0.3 is 4.13 Å². The molecule has 0 aliphatic carbocycles. The Balaban J connectivity index is 1.89.